The molecule has 0 aliphatic heterocycles. The first-order valence-corrected chi connectivity index (χ1v) is 8.03. The summed E-state index contributed by atoms with van der Waals surface area (Å²) in [7, 11) is -3.40. The van der Waals surface area contributed by atoms with Gasteiger partial charge in [0.15, 0.2) is 9.84 Å². The summed E-state index contributed by atoms with van der Waals surface area (Å²) in [4.78, 5) is 11.0. The predicted molar refractivity (Wildman–Crippen MR) is 72.0 cm³/mol. The quantitative estimate of drug-likeness (QED) is 0.925. The molecule has 0 heterocycles. The number of hydrogen-bond acceptors (Lipinski definition) is 3. The van der Waals surface area contributed by atoms with Crippen molar-refractivity contribution < 1.29 is 18.3 Å². The van der Waals surface area contributed by atoms with Crippen LogP contribution in [-0.4, -0.2) is 24.7 Å². The molecule has 1 fully saturated rings. The van der Waals surface area contributed by atoms with Gasteiger partial charge in [-0.3, -0.25) is 0 Å². The molecule has 0 bridgehead atoms. The van der Waals surface area contributed by atoms with Gasteiger partial charge in [-0.25, -0.2) is 13.2 Å². The Bertz CT molecular complexity index is 569. The van der Waals surface area contributed by atoms with Crippen LogP contribution in [-0.2, 0) is 9.84 Å². The monoisotopic (exact) mass is 282 g/mol. The molecule has 1 aliphatic carbocycles. The van der Waals surface area contributed by atoms with E-state index in [0.717, 1.165) is 12.8 Å². The molecule has 0 aromatic heterocycles. The Balaban J connectivity index is 2.29. The Morgan fingerprint density at radius 3 is 2.42 bits per heavy atom. The zero-order chi connectivity index (χ0) is 14.0. The van der Waals surface area contributed by atoms with E-state index in [-0.39, 0.29) is 15.7 Å². The van der Waals surface area contributed by atoms with Crippen LogP contribution >= 0.6 is 0 Å². The van der Waals surface area contributed by atoms with Gasteiger partial charge in [0.1, 0.15) is 0 Å². The number of rotatable bonds is 3. The van der Waals surface area contributed by atoms with Gasteiger partial charge in [0.05, 0.1) is 15.7 Å². The van der Waals surface area contributed by atoms with Gasteiger partial charge in [0, 0.05) is 0 Å². The van der Waals surface area contributed by atoms with Crippen molar-refractivity contribution in [3.8, 4) is 0 Å². The molecule has 0 saturated heterocycles. The van der Waals surface area contributed by atoms with E-state index < -0.39 is 15.8 Å². The van der Waals surface area contributed by atoms with Crippen LogP contribution in [0.4, 0.5) is 0 Å². The van der Waals surface area contributed by atoms with Gasteiger partial charge in [0.2, 0.25) is 0 Å². The molecule has 0 spiro atoms. The van der Waals surface area contributed by atoms with Crippen LogP contribution in [0, 0.1) is 5.92 Å². The van der Waals surface area contributed by atoms with E-state index in [1.54, 1.807) is 0 Å². The maximum Gasteiger partial charge on any atom is 0.335 e. The minimum Gasteiger partial charge on any atom is -0.478 e. The van der Waals surface area contributed by atoms with Gasteiger partial charge < -0.3 is 5.11 Å². The van der Waals surface area contributed by atoms with Crippen molar-refractivity contribution >= 4 is 15.8 Å². The van der Waals surface area contributed by atoms with Crippen molar-refractivity contribution in [2.45, 2.75) is 42.8 Å². The third-order valence-corrected chi connectivity index (χ3v) is 6.07. The lowest BCUT2D eigenvalue weighted by Crippen LogP contribution is -2.26. The number of carboxylic acids is 1. The van der Waals surface area contributed by atoms with Gasteiger partial charge in [-0.1, -0.05) is 13.0 Å². The highest BCUT2D eigenvalue weighted by Gasteiger charge is 2.31. The normalized spacial score (nSPS) is 24.1. The molecule has 0 atom stereocenters. The summed E-state index contributed by atoms with van der Waals surface area (Å²) in [5, 5.41) is 8.56. The molecule has 1 aromatic carbocycles. The zero-order valence-corrected chi connectivity index (χ0v) is 11.7. The topological polar surface area (TPSA) is 71.4 Å². The van der Waals surface area contributed by atoms with Crippen molar-refractivity contribution in [1.29, 1.82) is 0 Å². The smallest absolute Gasteiger partial charge is 0.335 e. The van der Waals surface area contributed by atoms with Crippen molar-refractivity contribution in [1.82, 2.24) is 0 Å². The highest BCUT2D eigenvalue weighted by molar-refractivity contribution is 7.92. The molecule has 0 amide bonds. The van der Waals surface area contributed by atoms with Crippen LogP contribution < -0.4 is 0 Å². The third kappa shape index (κ3) is 2.97. The number of benzene rings is 1. The fourth-order valence-electron chi connectivity index (χ4n) is 2.54. The Labute approximate surface area is 113 Å². The summed E-state index contributed by atoms with van der Waals surface area (Å²) in [6, 6.07) is 5.64. The van der Waals surface area contributed by atoms with E-state index in [4.69, 9.17) is 5.11 Å². The fraction of sp³-hybridized carbons (Fsp3) is 0.500. The minimum absolute atomic E-state index is 0.0188. The maximum atomic E-state index is 12.5. The SMILES string of the molecule is CC1CCC(S(=O)(=O)c2cccc(C(=O)O)c2)CC1. The lowest BCUT2D eigenvalue weighted by molar-refractivity contribution is 0.0696. The molecule has 0 unspecified atom stereocenters. The molecule has 2 rings (SSSR count). The van der Waals surface area contributed by atoms with Crippen molar-refractivity contribution in [3.63, 3.8) is 0 Å². The molecular weight excluding hydrogens is 264 g/mol. The van der Waals surface area contributed by atoms with Crippen LogP contribution in [0.1, 0.15) is 43.0 Å². The van der Waals surface area contributed by atoms with Gasteiger partial charge in [0.25, 0.3) is 0 Å². The first kappa shape index (κ1) is 14.1. The number of carboxylic acid groups (broad SMARTS) is 1. The predicted octanol–water partition coefficient (Wildman–Crippen LogP) is 2.74. The summed E-state index contributed by atoms with van der Waals surface area (Å²) >= 11 is 0. The van der Waals surface area contributed by atoms with E-state index in [1.807, 2.05) is 0 Å². The average Bonchev–Trinajstić information content (AvgIpc) is 2.39. The van der Waals surface area contributed by atoms with Crippen LogP contribution in [0.15, 0.2) is 29.2 Å². The van der Waals surface area contributed by atoms with Crippen LogP contribution in [0.5, 0.6) is 0 Å². The van der Waals surface area contributed by atoms with Crippen molar-refractivity contribution in [3.05, 3.63) is 29.8 Å². The van der Waals surface area contributed by atoms with E-state index >= 15 is 0 Å². The summed E-state index contributed by atoms with van der Waals surface area (Å²) in [6.07, 6.45) is 3.17. The highest BCUT2D eigenvalue weighted by Crippen LogP contribution is 2.31. The van der Waals surface area contributed by atoms with E-state index in [1.165, 1.54) is 24.3 Å². The minimum atomic E-state index is -3.40. The van der Waals surface area contributed by atoms with Crippen LogP contribution in [0.2, 0.25) is 0 Å². The Kier molecular flexibility index (Phi) is 3.94. The Morgan fingerprint density at radius 1 is 1.21 bits per heavy atom. The summed E-state index contributed by atoms with van der Waals surface area (Å²) < 4.78 is 25.0. The second-order valence-corrected chi connectivity index (χ2v) is 7.49. The second-order valence-electron chi connectivity index (χ2n) is 5.26. The van der Waals surface area contributed by atoms with Crippen molar-refractivity contribution in [2.75, 3.05) is 0 Å². The average molecular weight is 282 g/mol. The summed E-state index contributed by atoms with van der Waals surface area (Å²) in [5.41, 5.74) is 0.0188. The Hall–Kier alpha value is -1.36. The van der Waals surface area contributed by atoms with E-state index in [9.17, 15) is 13.2 Å². The van der Waals surface area contributed by atoms with Gasteiger partial charge >= 0.3 is 5.97 Å². The third-order valence-electron chi connectivity index (χ3n) is 3.81. The lowest BCUT2D eigenvalue weighted by atomic mass is 9.91. The lowest BCUT2D eigenvalue weighted by Gasteiger charge is -2.26. The zero-order valence-electron chi connectivity index (χ0n) is 10.9. The highest BCUT2D eigenvalue weighted by atomic mass is 32.2. The molecular formula is C14H18O4S. The summed E-state index contributed by atoms with van der Waals surface area (Å²) in [5.74, 6) is -0.522. The molecule has 104 valence electrons. The first-order chi connectivity index (χ1) is 8.91. The van der Waals surface area contributed by atoms with Crippen LogP contribution in [0.25, 0.3) is 0 Å². The molecule has 5 heteroatoms. The van der Waals surface area contributed by atoms with E-state index in [2.05, 4.69) is 6.92 Å². The number of hydrogen-bond donors (Lipinski definition) is 1. The van der Waals surface area contributed by atoms with E-state index in [0.29, 0.717) is 18.8 Å². The van der Waals surface area contributed by atoms with Crippen molar-refractivity contribution in [2.24, 2.45) is 5.92 Å². The number of aromatic carboxylic acids is 1. The molecule has 0 radical (unpaired) electrons. The second kappa shape index (κ2) is 5.33. The Morgan fingerprint density at radius 2 is 1.84 bits per heavy atom. The fourth-order valence-corrected chi connectivity index (χ4v) is 4.38. The van der Waals surface area contributed by atoms with Gasteiger partial charge in [-0.05, 0) is 49.8 Å². The van der Waals surface area contributed by atoms with Crippen LogP contribution in [0.3, 0.4) is 0 Å². The summed E-state index contributed by atoms with van der Waals surface area (Å²) in [6.45, 7) is 2.13. The van der Waals surface area contributed by atoms with Gasteiger partial charge in [-0.15, -0.1) is 0 Å². The molecule has 1 aromatic rings. The maximum absolute atomic E-state index is 12.5. The van der Waals surface area contributed by atoms with Gasteiger partial charge in [-0.2, -0.15) is 0 Å². The molecule has 19 heavy (non-hydrogen) atoms. The standard InChI is InChI=1S/C14H18O4S/c1-10-5-7-12(8-6-10)19(17,18)13-4-2-3-11(9-13)14(15)16/h2-4,9-10,12H,5-8H2,1H3,(H,15,16). The number of carbonyl (C=O) groups is 1. The largest absolute Gasteiger partial charge is 0.478 e. The first-order valence-electron chi connectivity index (χ1n) is 6.48. The molecule has 1 saturated carbocycles. The number of sulfone groups is 1. The molecule has 1 aliphatic rings. The molecule has 1 N–H and O–H groups in total. The molecule has 4 nitrogen and oxygen atoms in total.